The van der Waals surface area contributed by atoms with Crippen LogP contribution in [0, 0.1) is 0 Å². The molecule has 2 N–H and O–H groups in total. The number of nitrogens with zero attached hydrogens (tertiary/aromatic N) is 1. The second-order valence-electron chi connectivity index (χ2n) is 8.90. The van der Waals surface area contributed by atoms with Gasteiger partial charge in [-0.05, 0) is 36.2 Å². The zero-order valence-electron chi connectivity index (χ0n) is 21.2. The maximum Gasteiger partial charge on any atom is 0.258 e. The summed E-state index contributed by atoms with van der Waals surface area (Å²) in [5, 5.41) is 4.87. The number of H-pyrrole nitrogens is 1. The predicted octanol–water partition coefficient (Wildman–Crippen LogP) is 5.88. The van der Waals surface area contributed by atoms with E-state index in [1.807, 2.05) is 54.7 Å². The van der Waals surface area contributed by atoms with E-state index < -0.39 is 0 Å². The number of ether oxygens (including phenoxy) is 2. The van der Waals surface area contributed by atoms with Crippen molar-refractivity contribution in [2.24, 2.45) is 0 Å². The van der Waals surface area contributed by atoms with Crippen molar-refractivity contribution in [1.29, 1.82) is 0 Å². The molecule has 0 spiro atoms. The Kier molecular flexibility index (Phi) is 9.15. The smallest absolute Gasteiger partial charge is 0.258 e. The quantitative estimate of drug-likeness (QED) is 0.242. The van der Waals surface area contributed by atoms with E-state index in [-0.39, 0.29) is 25.9 Å². The first-order valence-electron chi connectivity index (χ1n) is 12.1. The third-order valence-corrected chi connectivity index (χ3v) is 6.95. The van der Waals surface area contributed by atoms with Crippen LogP contribution in [0.2, 0.25) is 10.0 Å². The van der Waals surface area contributed by atoms with Gasteiger partial charge in [-0.1, -0.05) is 59.6 Å². The van der Waals surface area contributed by atoms with Crippen LogP contribution in [0.15, 0.2) is 72.9 Å². The Hall–Kier alpha value is -3.68. The van der Waals surface area contributed by atoms with Gasteiger partial charge in [-0.3, -0.25) is 9.59 Å². The van der Waals surface area contributed by atoms with Gasteiger partial charge in [-0.25, -0.2) is 0 Å². The highest BCUT2D eigenvalue weighted by Crippen LogP contribution is 2.26. The van der Waals surface area contributed by atoms with Gasteiger partial charge < -0.3 is 24.7 Å². The number of fused-ring (bicyclic) bond motifs is 1. The number of para-hydroxylation sites is 2. The lowest BCUT2D eigenvalue weighted by atomic mass is 10.0. The zero-order chi connectivity index (χ0) is 27.1. The molecule has 0 aliphatic carbocycles. The number of halogens is 2. The van der Waals surface area contributed by atoms with E-state index in [4.69, 9.17) is 32.7 Å². The van der Waals surface area contributed by atoms with Crippen LogP contribution in [0.4, 0.5) is 0 Å². The molecule has 0 bridgehead atoms. The van der Waals surface area contributed by atoms with Gasteiger partial charge in [0.2, 0.25) is 5.91 Å². The molecule has 9 heteroatoms. The van der Waals surface area contributed by atoms with Crippen LogP contribution in [-0.4, -0.2) is 48.0 Å². The summed E-state index contributed by atoms with van der Waals surface area (Å²) in [6, 6.07) is 20.0. The summed E-state index contributed by atoms with van der Waals surface area (Å²) in [5.41, 5.74) is 2.93. The van der Waals surface area contributed by atoms with Crippen LogP contribution < -0.4 is 14.8 Å². The van der Waals surface area contributed by atoms with Gasteiger partial charge in [0.05, 0.1) is 23.2 Å². The van der Waals surface area contributed by atoms with Crippen molar-refractivity contribution >= 4 is 45.9 Å². The van der Waals surface area contributed by atoms with Crippen molar-refractivity contribution in [3.05, 3.63) is 94.1 Å². The molecule has 7 nitrogen and oxygen atoms in total. The molecule has 0 aliphatic heterocycles. The van der Waals surface area contributed by atoms with Crippen molar-refractivity contribution < 1.29 is 20.5 Å². The van der Waals surface area contributed by atoms with E-state index in [0.29, 0.717) is 41.1 Å². The van der Waals surface area contributed by atoms with Gasteiger partial charge >= 0.3 is 0 Å². The largest absolute Gasteiger partial charge is 0.496 e. The average molecular weight is 556 g/mol. The average Bonchev–Trinajstić information content (AvgIpc) is 3.31. The van der Waals surface area contributed by atoms with Crippen LogP contribution in [0.5, 0.6) is 11.5 Å². The second-order valence-corrected chi connectivity index (χ2v) is 9.72. The third kappa shape index (κ3) is 7.00. The van der Waals surface area contributed by atoms with Crippen LogP contribution in [0.1, 0.15) is 19.5 Å². The number of carbonyl (C=O) groups excluding carboxylic acids is 2. The molecule has 1 heterocycles. The Labute approximate surface area is 233 Å². The SMILES string of the molecule is COc1ccccc1CN(CC(Cc1c[nH]c2ccccc12)NC(=O)COc1ccc(Cl)c(Cl)c1)C(C)=O.[HH]. The van der Waals surface area contributed by atoms with Crippen LogP contribution in [0.25, 0.3) is 10.9 Å². The fraction of sp³-hybridized carbons (Fsp3) is 0.241. The molecule has 3 aromatic carbocycles. The minimum Gasteiger partial charge on any atom is -0.496 e. The molecule has 0 saturated heterocycles. The van der Waals surface area contributed by atoms with Gasteiger partial charge in [0.25, 0.3) is 5.91 Å². The summed E-state index contributed by atoms with van der Waals surface area (Å²) in [7, 11) is 1.60. The number of aromatic nitrogens is 1. The van der Waals surface area contributed by atoms with E-state index in [9.17, 15) is 9.59 Å². The van der Waals surface area contributed by atoms with E-state index in [1.165, 1.54) is 6.92 Å². The number of carbonyl (C=O) groups is 2. The standard InChI is InChI=1S/C29H29Cl2N3O4.H2/c1-19(35)34(16-20-7-3-6-10-28(20)37-2)17-22(13-21-15-32-27-9-5-4-8-24(21)27)33-29(36)18-38-23-11-12-25(30)26(31)14-23;/h3-12,14-15,22,32H,13,16-18H2,1-2H3,(H,33,36);1H. The Bertz CT molecular complexity index is 1430. The van der Waals surface area contributed by atoms with E-state index in [1.54, 1.807) is 30.2 Å². The highest BCUT2D eigenvalue weighted by molar-refractivity contribution is 6.42. The van der Waals surface area contributed by atoms with Gasteiger partial charge in [0.1, 0.15) is 11.5 Å². The van der Waals surface area contributed by atoms with Crippen LogP contribution in [0.3, 0.4) is 0 Å². The van der Waals surface area contributed by atoms with E-state index in [2.05, 4.69) is 10.3 Å². The lowest BCUT2D eigenvalue weighted by Gasteiger charge is -2.28. The zero-order valence-corrected chi connectivity index (χ0v) is 22.7. The molecule has 0 fully saturated rings. The second kappa shape index (κ2) is 12.7. The Morgan fingerprint density at radius 1 is 1.03 bits per heavy atom. The summed E-state index contributed by atoms with van der Waals surface area (Å²) in [6.45, 7) is 1.95. The Balaban J connectivity index is 0.00000420. The molecule has 4 rings (SSSR count). The number of nitrogens with one attached hydrogen (secondary N) is 2. The molecule has 38 heavy (non-hydrogen) atoms. The molecule has 200 valence electrons. The van der Waals surface area contributed by atoms with E-state index in [0.717, 1.165) is 22.0 Å². The fourth-order valence-corrected chi connectivity index (χ4v) is 4.61. The van der Waals surface area contributed by atoms with Gasteiger partial charge in [-0.15, -0.1) is 0 Å². The topological polar surface area (TPSA) is 83.7 Å². The highest BCUT2D eigenvalue weighted by Gasteiger charge is 2.22. The van der Waals surface area contributed by atoms with Crippen molar-refractivity contribution in [3.8, 4) is 11.5 Å². The number of hydrogen-bond acceptors (Lipinski definition) is 4. The minimum absolute atomic E-state index is 0. The van der Waals surface area contributed by atoms with Gasteiger partial charge in [-0.2, -0.15) is 0 Å². The number of hydrogen-bond donors (Lipinski definition) is 2. The highest BCUT2D eigenvalue weighted by atomic mass is 35.5. The molecular formula is C29H31Cl2N3O4. The van der Waals surface area contributed by atoms with Crippen molar-refractivity contribution in [2.75, 3.05) is 20.3 Å². The van der Waals surface area contributed by atoms with Crippen molar-refractivity contribution in [1.82, 2.24) is 15.2 Å². The molecule has 0 saturated carbocycles. The molecule has 1 aromatic heterocycles. The first kappa shape index (κ1) is 27.4. The van der Waals surface area contributed by atoms with Crippen LogP contribution >= 0.6 is 23.2 Å². The van der Waals surface area contributed by atoms with Gasteiger partial charge in [0.15, 0.2) is 6.61 Å². The molecule has 4 aromatic rings. The summed E-state index contributed by atoms with van der Waals surface area (Å²) in [6.07, 6.45) is 2.45. The fourth-order valence-electron chi connectivity index (χ4n) is 4.32. The molecule has 1 atom stereocenters. The minimum atomic E-state index is -0.377. The monoisotopic (exact) mass is 555 g/mol. The molecule has 0 radical (unpaired) electrons. The normalized spacial score (nSPS) is 11.7. The van der Waals surface area contributed by atoms with Crippen LogP contribution in [-0.2, 0) is 22.6 Å². The number of aromatic amines is 1. The lowest BCUT2D eigenvalue weighted by molar-refractivity contribution is -0.131. The molecule has 2 amide bonds. The maximum atomic E-state index is 13.0. The predicted molar refractivity (Wildman–Crippen MR) is 152 cm³/mol. The summed E-state index contributed by atoms with van der Waals surface area (Å²) >= 11 is 12.0. The number of methoxy groups -OCH3 is 1. The van der Waals surface area contributed by atoms with Gasteiger partial charge in [0, 0.05) is 50.2 Å². The Morgan fingerprint density at radius 3 is 2.55 bits per heavy atom. The molecule has 0 aliphatic rings. The molecular weight excluding hydrogens is 525 g/mol. The first-order valence-corrected chi connectivity index (χ1v) is 12.9. The van der Waals surface area contributed by atoms with E-state index >= 15 is 0 Å². The Morgan fingerprint density at radius 2 is 1.79 bits per heavy atom. The first-order chi connectivity index (χ1) is 18.3. The van der Waals surface area contributed by atoms with Crippen molar-refractivity contribution in [3.63, 3.8) is 0 Å². The lowest BCUT2D eigenvalue weighted by Crippen LogP contribution is -2.47. The number of benzene rings is 3. The summed E-state index contributed by atoms with van der Waals surface area (Å²) < 4.78 is 11.1. The van der Waals surface area contributed by atoms with Crippen molar-refractivity contribution in [2.45, 2.75) is 25.9 Å². The number of amides is 2. The molecule has 1 unspecified atom stereocenters. The maximum absolute atomic E-state index is 13.0. The summed E-state index contributed by atoms with van der Waals surface area (Å²) in [4.78, 5) is 30.6. The summed E-state index contributed by atoms with van der Waals surface area (Å²) in [5.74, 6) is 0.707. The number of rotatable bonds is 11. The third-order valence-electron chi connectivity index (χ3n) is 6.21.